The maximum Gasteiger partial charge on any atom is 0.416 e. The molecule has 3 aromatic rings. The fourth-order valence-electron chi connectivity index (χ4n) is 4.30. The lowest BCUT2D eigenvalue weighted by molar-refractivity contribution is -0.137. The van der Waals surface area contributed by atoms with Gasteiger partial charge in [-0.05, 0) is 73.4 Å². The number of nitrogens with zero attached hydrogens (tertiary/aromatic N) is 1. The molecule has 1 aliphatic rings. The van der Waals surface area contributed by atoms with Gasteiger partial charge in [-0.25, -0.2) is 0 Å². The molecule has 2 amide bonds. The van der Waals surface area contributed by atoms with Crippen molar-refractivity contribution in [2.45, 2.75) is 32.0 Å². The lowest BCUT2D eigenvalue weighted by atomic mass is 9.97. The van der Waals surface area contributed by atoms with Crippen molar-refractivity contribution in [1.82, 2.24) is 10.2 Å². The fourth-order valence-corrected chi connectivity index (χ4v) is 4.30. The molecule has 1 fully saturated rings. The van der Waals surface area contributed by atoms with E-state index in [9.17, 15) is 22.8 Å². The average molecular weight is 497 g/mol. The zero-order valence-electron chi connectivity index (χ0n) is 19.8. The molecule has 1 N–H and O–H groups in total. The number of benzene rings is 3. The van der Waals surface area contributed by atoms with Crippen LogP contribution in [0, 0.1) is 0 Å². The van der Waals surface area contributed by atoms with Gasteiger partial charge in [-0.3, -0.25) is 9.59 Å². The van der Waals surface area contributed by atoms with Crippen LogP contribution in [0.1, 0.15) is 46.0 Å². The number of carbonyl (C=O) groups is 2. The van der Waals surface area contributed by atoms with Gasteiger partial charge in [0.2, 0.25) is 0 Å². The Bertz CT molecular complexity index is 1200. The molecular formula is C28H27F3N2O3. The van der Waals surface area contributed by atoms with Crippen LogP contribution in [0.15, 0.2) is 72.8 Å². The van der Waals surface area contributed by atoms with E-state index >= 15 is 0 Å². The van der Waals surface area contributed by atoms with Gasteiger partial charge in [0.1, 0.15) is 5.75 Å². The second-order valence-electron chi connectivity index (χ2n) is 8.62. The minimum absolute atomic E-state index is 0.0597. The molecule has 0 bridgehead atoms. The highest BCUT2D eigenvalue weighted by atomic mass is 19.4. The predicted octanol–water partition coefficient (Wildman–Crippen LogP) is 5.81. The first-order valence-electron chi connectivity index (χ1n) is 11.9. The Morgan fingerprint density at radius 3 is 2.19 bits per heavy atom. The van der Waals surface area contributed by atoms with Crippen molar-refractivity contribution in [3.63, 3.8) is 0 Å². The largest absolute Gasteiger partial charge is 0.494 e. The highest BCUT2D eigenvalue weighted by Gasteiger charge is 2.30. The Hall–Kier alpha value is -3.81. The number of piperidine rings is 1. The van der Waals surface area contributed by atoms with Crippen LogP contribution in [0.2, 0.25) is 0 Å². The molecule has 0 radical (unpaired) electrons. The summed E-state index contributed by atoms with van der Waals surface area (Å²) in [6, 6.07) is 18.6. The lowest BCUT2D eigenvalue weighted by Crippen LogP contribution is -2.46. The summed E-state index contributed by atoms with van der Waals surface area (Å²) in [6.45, 7) is 3.48. The fraction of sp³-hybridized carbons (Fsp3) is 0.286. The third-order valence-electron chi connectivity index (χ3n) is 6.22. The van der Waals surface area contributed by atoms with Crippen LogP contribution in [-0.4, -0.2) is 42.5 Å². The first-order valence-corrected chi connectivity index (χ1v) is 11.9. The van der Waals surface area contributed by atoms with Crippen molar-refractivity contribution >= 4 is 11.8 Å². The van der Waals surface area contributed by atoms with Gasteiger partial charge in [0, 0.05) is 30.3 Å². The first-order chi connectivity index (χ1) is 17.3. The third-order valence-corrected chi connectivity index (χ3v) is 6.22. The van der Waals surface area contributed by atoms with Crippen LogP contribution in [0.25, 0.3) is 11.1 Å². The van der Waals surface area contributed by atoms with E-state index < -0.39 is 11.7 Å². The maximum atomic E-state index is 13.1. The molecule has 0 saturated carbocycles. The number of amides is 2. The number of likely N-dealkylation sites (tertiary alicyclic amines) is 1. The zero-order valence-corrected chi connectivity index (χ0v) is 19.8. The van der Waals surface area contributed by atoms with E-state index in [1.54, 1.807) is 53.4 Å². The second-order valence-corrected chi connectivity index (χ2v) is 8.62. The second kappa shape index (κ2) is 10.8. The Kier molecular flexibility index (Phi) is 7.62. The van der Waals surface area contributed by atoms with Gasteiger partial charge < -0.3 is 15.0 Å². The molecule has 188 valence electrons. The Balaban J connectivity index is 1.37. The molecule has 1 heterocycles. The molecule has 8 heteroatoms. The molecule has 0 aromatic heterocycles. The number of hydrogen-bond acceptors (Lipinski definition) is 3. The monoisotopic (exact) mass is 496 g/mol. The van der Waals surface area contributed by atoms with Crippen LogP contribution >= 0.6 is 0 Å². The molecule has 0 atom stereocenters. The number of hydrogen-bond donors (Lipinski definition) is 1. The quantitative estimate of drug-likeness (QED) is 0.469. The van der Waals surface area contributed by atoms with Gasteiger partial charge in [0.05, 0.1) is 12.2 Å². The SMILES string of the molecule is CCOc1ccc(C(=O)N2CCC(NC(=O)c3ccccc3-c3ccc(C(F)(F)F)cc3)CC2)cc1. The van der Waals surface area contributed by atoms with Gasteiger partial charge in [-0.2, -0.15) is 13.2 Å². The zero-order chi connectivity index (χ0) is 25.7. The summed E-state index contributed by atoms with van der Waals surface area (Å²) >= 11 is 0. The summed E-state index contributed by atoms with van der Waals surface area (Å²) in [6.07, 6.45) is -3.20. The van der Waals surface area contributed by atoms with E-state index in [-0.39, 0.29) is 17.9 Å². The highest BCUT2D eigenvalue weighted by molar-refractivity contribution is 6.01. The Labute approximate surface area is 207 Å². The molecule has 0 spiro atoms. The van der Waals surface area contributed by atoms with Gasteiger partial charge in [0.25, 0.3) is 11.8 Å². The topological polar surface area (TPSA) is 58.6 Å². The molecule has 4 rings (SSSR count). The average Bonchev–Trinajstić information content (AvgIpc) is 2.89. The van der Waals surface area contributed by atoms with E-state index in [0.717, 1.165) is 12.1 Å². The molecule has 36 heavy (non-hydrogen) atoms. The molecule has 0 aliphatic carbocycles. The number of carbonyl (C=O) groups excluding carboxylic acids is 2. The molecule has 1 aliphatic heterocycles. The minimum atomic E-state index is -4.42. The molecule has 1 saturated heterocycles. The van der Waals surface area contributed by atoms with Crippen LogP contribution in [-0.2, 0) is 6.18 Å². The lowest BCUT2D eigenvalue weighted by Gasteiger charge is -2.32. The van der Waals surface area contributed by atoms with Gasteiger partial charge >= 0.3 is 6.18 Å². The van der Waals surface area contributed by atoms with E-state index in [1.807, 2.05) is 6.92 Å². The molecular weight excluding hydrogens is 469 g/mol. The van der Waals surface area contributed by atoms with Crippen LogP contribution in [0.5, 0.6) is 5.75 Å². The summed E-state index contributed by atoms with van der Waals surface area (Å²) in [7, 11) is 0. The van der Waals surface area contributed by atoms with E-state index in [0.29, 0.717) is 60.5 Å². The number of rotatable bonds is 6. The van der Waals surface area contributed by atoms with E-state index in [2.05, 4.69) is 5.32 Å². The maximum absolute atomic E-state index is 13.1. The van der Waals surface area contributed by atoms with Crippen LogP contribution in [0.4, 0.5) is 13.2 Å². The van der Waals surface area contributed by atoms with Gasteiger partial charge in [-0.1, -0.05) is 30.3 Å². The van der Waals surface area contributed by atoms with Crippen LogP contribution < -0.4 is 10.1 Å². The minimum Gasteiger partial charge on any atom is -0.494 e. The van der Waals surface area contributed by atoms with Crippen molar-refractivity contribution in [3.8, 4) is 16.9 Å². The van der Waals surface area contributed by atoms with E-state index in [1.165, 1.54) is 12.1 Å². The van der Waals surface area contributed by atoms with Crippen molar-refractivity contribution < 1.29 is 27.5 Å². The summed E-state index contributed by atoms with van der Waals surface area (Å²) in [5.74, 6) is 0.365. The standard InChI is InChI=1S/C28H27F3N2O3/c1-2-36-23-13-9-20(10-14-23)27(35)33-17-15-22(16-18-33)32-26(34)25-6-4-3-5-24(25)19-7-11-21(12-8-19)28(29,30)31/h3-14,22H,2,15-18H2,1H3,(H,32,34). The Morgan fingerprint density at radius 2 is 1.58 bits per heavy atom. The summed E-state index contributed by atoms with van der Waals surface area (Å²) in [5, 5.41) is 3.03. The first kappa shape index (κ1) is 25.3. The smallest absolute Gasteiger partial charge is 0.416 e. The number of ether oxygens (including phenoxy) is 1. The third kappa shape index (κ3) is 5.87. The van der Waals surface area contributed by atoms with E-state index in [4.69, 9.17) is 4.74 Å². The highest BCUT2D eigenvalue weighted by Crippen LogP contribution is 2.32. The number of alkyl halides is 3. The summed E-state index contributed by atoms with van der Waals surface area (Å²) < 4.78 is 44.2. The van der Waals surface area contributed by atoms with Crippen molar-refractivity contribution in [1.29, 1.82) is 0 Å². The number of halogens is 3. The molecule has 0 unspecified atom stereocenters. The van der Waals surface area contributed by atoms with Gasteiger partial charge in [0.15, 0.2) is 0 Å². The van der Waals surface area contributed by atoms with Crippen LogP contribution in [0.3, 0.4) is 0 Å². The van der Waals surface area contributed by atoms with Gasteiger partial charge in [-0.15, -0.1) is 0 Å². The predicted molar refractivity (Wildman–Crippen MR) is 131 cm³/mol. The Morgan fingerprint density at radius 1 is 0.944 bits per heavy atom. The molecule has 3 aromatic carbocycles. The van der Waals surface area contributed by atoms with Crippen molar-refractivity contribution in [2.75, 3.05) is 19.7 Å². The van der Waals surface area contributed by atoms with Crippen molar-refractivity contribution in [3.05, 3.63) is 89.5 Å². The summed E-state index contributed by atoms with van der Waals surface area (Å²) in [4.78, 5) is 27.7. The summed E-state index contributed by atoms with van der Waals surface area (Å²) in [5.41, 5.74) is 1.34. The number of nitrogens with one attached hydrogen (secondary N) is 1. The van der Waals surface area contributed by atoms with Crippen molar-refractivity contribution in [2.24, 2.45) is 0 Å². The normalized spacial score (nSPS) is 14.4. The molecule has 5 nitrogen and oxygen atoms in total.